The highest BCUT2D eigenvalue weighted by molar-refractivity contribution is 5.89. The van der Waals surface area contributed by atoms with Crippen LogP contribution in [0.1, 0.15) is 21.5 Å². The third kappa shape index (κ3) is 2.08. The smallest absolute Gasteiger partial charge is 0.336 e. The summed E-state index contributed by atoms with van der Waals surface area (Å²) in [6.45, 7) is 3.11. The average Bonchev–Trinajstić information content (AvgIpc) is 2.28. The van der Waals surface area contributed by atoms with Crippen molar-refractivity contribution in [2.45, 2.75) is 13.0 Å². The molecule has 0 spiro atoms. The lowest BCUT2D eigenvalue weighted by Gasteiger charge is -2.29. The number of fused-ring (bicyclic) bond motifs is 1. The van der Waals surface area contributed by atoms with Crippen LogP contribution in [0, 0.1) is 0 Å². The van der Waals surface area contributed by atoms with Crippen LogP contribution in [0.3, 0.4) is 0 Å². The minimum atomic E-state index is -0.841. The molecule has 1 aromatic carbocycles. The summed E-state index contributed by atoms with van der Waals surface area (Å²) in [5.74, 6) is -0.841. The number of rotatable bonds is 3. The number of hydrogen-bond acceptors (Lipinski definition) is 3. The lowest BCUT2D eigenvalue weighted by molar-refractivity contribution is 0.0693. The molecule has 4 nitrogen and oxygen atoms in total. The Bertz CT molecular complexity index is 404. The average molecular weight is 220 g/mol. The third-order valence-corrected chi connectivity index (χ3v) is 3.03. The van der Waals surface area contributed by atoms with E-state index in [1.165, 1.54) is 0 Å². The summed E-state index contributed by atoms with van der Waals surface area (Å²) < 4.78 is 0. The lowest BCUT2D eigenvalue weighted by atomic mass is 9.95. The Kier molecular flexibility index (Phi) is 3.22. The fourth-order valence-electron chi connectivity index (χ4n) is 2.21. The van der Waals surface area contributed by atoms with Crippen molar-refractivity contribution in [1.82, 2.24) is 4.90 Å². The van der Waals surface area contributed by atoms with Crippen molar-refractivity contribution in [2.75, 3.05) is 19.6 Å². The van der Waals surface area contributed by atoms with E-state index >= 15 is 0 Å². The van der Waals surface area contributed by atoms with Gasteiger partial charge in [-0.25, -0.2) is 4.79 Å². The molecule has 0 unspecified atom stereocenters. The third-order valence-electron chi connectivity index (χ3n) is 3.03. The molecule has 0 atom stereocenters. The summed E-state index contributed by atoms with van der Waals surface area (Å²) >= 11 is 0. The topological polar surface area (TPSA) is 66.6 Å². The molecule has 1 aromatic rings. The Morgan fingerprint density at radius 3 is 3.00 bits per heavy atom. The fourth-order valence-corrected chi connectivity index (χ4v) is 2.21. The minimum Gasteiger partial charge on any atom is -0.478 e. The van der Waals surface area contributed by atoms with Gasteiger partial charge in [0.25, 0.3) is 0 Å². The Hall–Kier alpha value is -1.39. The Morgan fingerprint density at radius 1 is 1.50 bits per heavy atom. The molecule has 0 fully saturated rings. The Labute approximate surface area is 94.7 Å². The molecule has 0 aromatic heterocycles. The first-order chi connectivity index (χ1) is 7.72. The SMILES string of the molecule is NCCN1CCc2cccc(C(=O)O)c2C1. The van der Waals surface area contributed by atoms with Crippen molar-refractivity contribution in [2.24, 2.45) is 5.73 Å². The van der Waals surface area contributed by atoms with Gasteiger partial charge in [0, 0.05) is 26.2 Å². The second kappa shape index (κ2) is 4.63. The lowest BCUT2D eigenvalue weighted by Crippen LogP contribution is -2.35. The van der Waals surface area contributed by atoms with Gasteiger partial charge in [-0.3, -0.25) is 4.90 Å². The summed E-state index contributed by atoms with van der Waals surface area (Å²) in [4.78, 5) is 13.3. The van der Waals surface area contributed by atoms with E-state index in [1.807, 2.05) is 12.1 Å². The van der Waals surface area contributed by atoms with Crippen LogP contribution in [0.25, 0.3) is 0 Å². The number of aromatic carboxylic acids is 1. The normalized spacial score (nSPS) is 15.8. The van der Waals surface area contributed by atoms with Crippen molar-refractivity contribution in [3.8, 4) is 0 Å². The van der Waals surface area contributed by atoms with Crippen LogP contribution >= 0.6 is 0 Å². The van der Waals surface area contributed by atoms with Gasteiger partial charge in [-0.05, 0) is 23.6 Å². The highest BCUT2D eigenvalue weighted by atomic mass is 16.4. The summed E-state index contributed by atoms with van der Waals surface area (Å²) in [6, 6.07) is 5.51. The zero-order valence-electron chi connectivity index (χ0n) is 9.15. The Morgan fingerprint density at radius 2 is 2.31 bits per heavy atom. The van der Waals surface area contributed by atoms with E-state index in [0.29, 0.717) is 18.7 Å². The molecule has 1 heterocycles. The molecule has 0 bridgehead atoms. The molecular weight excluding hydrogens is 204 g/mol. The molecule has 86 valence electrons. The minimum absolute atomic E-state index is 0.430. The van der Waals surface area contributed by atoms with Gasteiger partial charge in [0.15, 0.2) is 0 Å². The van der Waals surface area contributed by atoms with Crippen molar-refractivity contribution in [1.29, 1.82) is 0 Å². The first kappa shape index (κ1) is 11.1. The van der Waals surface area contributed by atoms with Gasteiger partial charge in [-0.15, -0.1) is 0 Å². The standard InChI is InChI=1S/C12H16N2O2/c13-5-7-14-6-4-9-2-1-3-10(12(15)16)11(9)8-14/h1-3H,4-8,13H2,(H,15,16). The van der Waals surface area contributed by atoms with E-state index in [1.54, 1.807) is 6.07 Å². The van der Waals surface area contributed by atoms with Crippen LogP contribution in [-0.2, 0) is 13.0 Å². The number of carbonyl (C=O) groups is 1. The van der Waals surface area contributed by atoms with Gasteiger partial charge < -0.3 is 10.8 Å². The highest BCUT2D eigenvalue weighted by Crippen LogP contribution is 2.22. The molecule has 0 saturated heterocycles. The van der Waals surface area contributed by atoms with Crippen LogP contribution in [-0.4, -0.2) is 35.6 Å². The number of nitrogens with zero attached hydrogens (tertiary/aromatic N) is 1. The monoisotopic (exact) mass is 220 g/mol. The second-order valence-electron chi connectivity index (χ2n) is 4.06. The van der Waals surface area contributed by atoms with Gasteiger partial charge in [0.05, 0.1) is 5.56 Å². The molecule has 0 saturated carbocycles. The largest absolute Gasteiger partial charge is 0.478 e. The molecule has 0 radical (unpaired) electrons. The molecule has 0 amide bonds. The number of carboxylic acid groups (broad SMARTS) is 1. The second-order valence-corrected chi connectivity index (χ2v) is 4.06. The van der Waals surface area contributed by atoms with Gasteiger partial charge in [-0.1, -0.05) is 12.1 Å². The van der Waals surface area contributed by atoms with E-state index in [9.17, 15) is 4.79 Å². The van der Waals surface area contributed by atoms with Gasteiger partial charge >= 0.3 is 5.97 Å². The number of benzene rings is 1. The summed E-state index contributed by atoms with van der Waals surface area (Å²) in [5.41, 5.74) is 8.06. The maximum atomic E-state index is 11.1. The van der Waals surface area contributed by atoms with E-state index in [2.05, 4.69) is 4.90 Å². The Balaban J connectivity index is 2.30. The molecule has 4 heteroatoms. The number of carboxylic acids is 1. The van der Waals surface area contributed by atoms with Crippen molar-refractivity contribution < 1.29 is 9.90 Å². The predicted molar refractivity (Wildman–Crippen MR) is 61.4 cm³/mol. The van der Waals surface area contributed by atoms with E-state index in [4.69, 9.17) is 10.8 Å². The van der Waals surface area contributed by atoms with E-state index in [0.717, 1.165) is 30.6 Å². The van der Waals surface area contributed by atoms with E-state index in [-0.39, 0.29) is 0 Å². The molecule has 1 aliphatic rings. The number of hydrogen-bond donors (Lipinski definition) is 2. The maximum absolute atomic E-state index is 11.1. The van der Waals surface area contributed by atoms with Crippen LogP contribution in [0.5, 0.6) is 0 Å². The molecule has 16 heavy (non-hydrogen) atoms. The van der Waals surface area contributed by atoms with Crippen LogP contribution in [0.2, 0.25) is 0 Å². The molecule has 3 N–H and O–H groups in total. The molecular formula is C12H16N2O2. The quantitative estimate of drug-likeness (QED) is 0.787. The van der Waals surface area contributed by atoms with Crippen LogP contribution < -0.4 is 5.73 Å². The summed E-state index contributed by atoms with van der Waals surface area (Å²) in [5, 5.41) is 9.11. The van der Waals surface area contributed by atoms with Crippen LogP contribution in [0.15, 0.2) is 18.2 Å². The van der Waals surface area contributed by atoms with Crippen LogP contribution in [0.4, 0.5) is 0 Å². The zero-order chi connectivity index (χ0) is 11.5. The summed E-state index contributed by atoms with van der Waals surface area (Å²) in [7, 11) is 0. The fraction of sp³-hybridized carbons (Fsp3) is 0.417. The predicted octanol–water partition coefficient (Wildman–Crippen LogP) is 0.702. The first-order valence-corrected chi connectivity index (χ1v) is 5.49. The van der Waals surface area contributed by atoms with E-state index < -0.39 is 5.97 Å². The van der Waals surface area contributed by atoms with Gasteiger partial charge in [0.1, 0.15) is 0 Å². The van der Waals surface area contributed by atoms with Gasteiger partial charge in [0.2, 0.25) is 0 Å². The van der Waals surface area contributed by atoms with Gasteiger partial charge in [-0.2, -0.15) is 0 Å². The summed E-state index contributed by atoms with van der Waals surface area (Å²) in [6.07, 6.45) is 0.913. The molecule has 2 rings (SSSR count). The van der Waals surface area contributed by atoms with Crippen molar-refractivity contribution in [3.05, 3.63) is 34.9 Å². The number of nitrogens with two attached hydrogens (primary N) is 1. The first-order valence-electron chi connectivity index (χ1n) is 5.49. The van der Waals surface area contributed by atoms with Crippen molar-refractivity contribution in [3.63, 3.8) is 0 Å². The highest BCUT2D eigenvalue weighted by Gasteiger charge is 2.20. The molecule has 0 aliphatic carbocycles. The molecule has 1 aliphatic heterocycles. The van der Waals surface area contributed by atoms with Crippen molar-refractivity contribution >= 4 is 5.97 Å². The zero-order valence-corrected chi connectivity index (χ0v) is 9.15. The maximum Gasteiger partial charge on any atom is 0.336 e.